The largest absolute Gasteiger partial charge is 0.507 e. The SMILES string of the molecule is CC(=O)O.Cc1cccc(C=NCCN=Cc2cccc(C)c2O)c1O.[Mn]. The van der Waals surface area contributed by atoms with Crippen molar-refractivity contribution in [3.63, 3.8) is 0 Å². The fraction of sp³-hybridized carbons (Fsp3) is 0.250. The van der Waals surface area contributed by atoms with E-state index in [2.05, 4.69) is 9.98 Å². The Labute approximate surface area is 169 Å². The summed E-state index contributed by atoms with van der Waals surface area (Å²) in [6.07, 6.45) is 3.31. The summed E-state index contributed by atoms with van der Waals surface area (Å²) in [4.78, 5) is 17.5. The summed E-state index contributed by atoms with van der Waals surface area (Å²) < 4.78 is 0. The van der Waals surface area contributed by atoms with E-state index in [-0.39, 0.29) is 28.6 Å². The molecule has 0 aliphatic heterocycles. The summed E-state index contributed by atoms with van der Waals surface area (Å²) >= 11 is 0. The smallest absolute Gasteiger partial charge is 0.300 e. The van der Waals surface area contributed by atoms with Crippen LogP contribution in [0.1, 0.15) is 29.2 Å². The number of aliphatic carboxylic acids is 1. The number of carboxylic acids is 1. The number of hydrogen-bond acceptors (Lipinski definition) is 5. The zero-order valence-corrected chi connectivity index (χ0v) is 16.7. The van der Waals surface area contributed by atoms with Gasteiger partial charge in [0.15, 0.2) is 0 Å². The molecule has 1 radical (unpaired) electrons. The third kappa shape index (κ3) is 9.03. The molecule has 0 bridgehead atoms. The van der Waals surface area contributed by atoms with Crippen LogP contribution in [0.2, 0.25) is 0 Å². The molecule has 2 aromatic carbocycles. The summed E-state index contributed by atoms with van der Waals surface area (Å²) in [5, 5.41) is 27.1. The Bertz CT molecular complexity index is 739. The minimum atomic E-state index is -0.833. The molecule has 6 nitrogen and oxygen atoms in total. The first-order valence-corrected chi connectivity index (χ1v) is 8.09. The Morgan fingerprint density at radius 3 is 1.56 bits per heavy atom. The molecule has 0 aliphatic carbocycles. The summed E-state index contributed by atoms with van der Waals surface area (Å²) in [5.74, 6) is -0.307. The van der Waals surface area contributed by atoms with Crippen molar-refractivity contribution >= 4 is 18.4 Å². The summed E-state index contributed by atoms with van der Waals surface area (Å²) in [7, 11) is 0. The number of rotatable bonds is 5. The predicted octanol–water partition coefficient (Wildman–Crippen LogP) is 3.34. The van der Waals surface area contributed by atoms with E-state index in [1.165, 1.54) is 0 Å². The number of phenolic OH excluding ortho intramolecular Hbond substituents is 2. The average Bonchev–Trinajstić information content (AvgIpc) is 2.57. The number of nitrogens with zero attached hydrogens (tertiary/aromatic N) is 2. The maximum Gasteiger partial charge on any atom is 0.300 e. The van der Waals surface area contributed by atoms with Crippen LogP contribution in [0.25, 0.3) is 0 Å². The van der Waals surface area contributed by atoms with Gasteiger partial charge in [0.05, 0.1) is 13.1 Å². The number of hydrogen-bond donors (Lipinski definition) is 3. The van der Waals surface area contributed by atoms with Crippen LogP contribution in [0.5, 0.6) is 11.5 Å². The molecule has 0 saturated heterocycles. The van der Waals surface area contributed by atoms with Gasteiger partial charge < -0.3 is 15.3 Å². The number of benzene rings is 2. The quantitative estimate of drug-likeness (QED) is 0.399. The molecule has 27 heavy (non-hydrogen) atoms. The molecule has 0 spiro atoms. The van der Waals surface area contributed by atoms with Crippen molar-refractivity contribution in [3.05, 3.63) is 58.7 Å². The third-order valence-electron chi connectivity index (χ3n) is 3.36. The zero-order valence-electron chi connectivity index (χ0n) is 15.6. The van der Waals surface area contributed by atoms with Crippen LogP contribution in [0.15, 0.2) is 46.4 Å². The molecular weight excluding hydrogens is 387 g/mol. The van der Waals surface area contributed by atoms with Gasteiger partial charge in [0.1, 0.15) is 11.5 Å². The van der Waals surface area contributed by atoms with Gasteiger partial charge >= 0.3 is 0 Å². The minimum absolute atomic E-state index is 0. The standard InChI is InChI=1S/C18H20N2O2.C2H4O2.Mn/c1-13-5-3-7-15(17(13)21)11-19-9-10-20-12-16-8-4-6-14(2)18(16)22;1-2(3)4;/h3-8,11-12,21-22H,9-10H2,1-2H3;1H3,(H,3,4);. The second kappa shape index (κ2) is 12.7. The molecule has 0 heterocycles. The minimum Gasteiger partial charge on any atom is -0.507 e. The van der Waals surface area contributed by atoms with Gasteiger partial charge in [-0.15, -0.1) is 0 Å². The first-order chi connectivity index (χ1) is 12.3. The number of aromatic hydroxyl groups is 2. The van der Waals surface area contributed by atoms with Crippen LogP contribution < -0.4 is 0 Å². The molecule has 0 atom stereocenters. The van der Waals surface area contributed by atoms with Crippen molar-refractivity contribution in [1.82, 2.24) is 0 Å². The van der Waals surface area contributed by atoms with Crippen LogP contribution >= 0.6 is 0 Å². The van der Waals surface area contributed by atoms with Gasteiger partial charge in [-0.25, -0.2) is 0 Å². The van der Waals surface area contributed by atoms with Crippen LogP contribution in [0.4, 0.5) is 0 Å². The van der Waals surface area contributed by atoms with Gasteiger partial charge in [-0.2, -0.15) is 0 Å². The molecule has 2 aromatic rings. The van der Waals surface area contributed by atoms with E-state index in [9.17, 15) is 10.2 Å². The number of aryl methyl sites for hydroxylation is 2. The van der Waals surface area contributed by atoms with E-state index < -0.39 is 5.97 Å². The molecule has 0 aromatic heterocycles. The Kier molecular flexibility index (Phi) is 11.4. The fourth-order valence-corrected chi connectivity index (χ4v) is 2.01. The van der Waals surface area contributed by atoms with E-state index in [4.69, 9.17) is 9.90 Å². The predicted molar refractivity (Wildman–Crippen MR) is 104 cm³/mol. The third-order valence-corrected chi connectivity index (χ3v) is 3.36. The van der Waals surface area contributed by atoms with Gasteiger partial charge in [0, 0.05) is 47.5 Å². The summed E-state index contributed by atoms with van der Waals surface area (Å²) in [5.41, 5.74) is 3.08. The van der Waals surface area contributed by atoms with Crippen molar-refractivity contribution in [2.24, 2.45) is 9.98 Å². The topological polar surface area (TPSA) is 102 Å². The van der Waals surface area contributed by atoms with Crippen LogP contribution in [0, 0.1) is 13.8 Å². The maximum atomic E-state index is 9.86. The number of phenols is 2. The number of carbonyl (C=O) groups is 1. The molecule has 0 amide bonds. The average molecular weight is 411 g/mol. The zero-order chi connectivity index (χ0) is 19.5. The van der Waals surface area contributed by atoms with Crippen LogP contribution in [-0.4, -0.2) is 46.8 Å². The van der Waals surface area contributed by atoms with E-state index in [1.54, 1.807) is 12.4 Å². The van der Waals surface area contributed by atoms with E-state index >= 15 is 0 Å². The van der Waals surface area contributed by atoms with Crippen molar-refractivity contribution in [2.75, 3.05) is 13.1 Å². The van der Waals surface area contributed by atoms with Crippen molar-refractivity contribution in [1.29, 1.82) is 0 Å². The molecule has 0 aliphatic rings. The van der Waals surface area contributed by atoms with Crippen molar-refractivity contribution in [2.45, 2.75) is 20.8 Å². The van der Waals surface area contributed by atoms with Crippen molar-refractivity contribution in [3.8, 4) is 11.5 Å². The Balaban J connectivity index is 0.00000123. The van der Waals surface area contributed by atoms with Gasteiger partial charge in [-0.1, -0.05) is 24.3 Å². The second-order valence-corrected chi connectivity index (χ2v) is 5.62. The van der Waals surface area contributed by atoms with Gasteiger partial charge in [-0.05, 0) is 37.1 Å². The number of aliphatic imine (C=N–C) groups is 2. The second-order valence-electron chi connectivity index (χ2n) is 5.62. The molecule has 0 unspecified atom stereocenters. The summed E-state index contributed by atoms with van der Waals surface area (Å²) in [6.45, 7) is 5.84. The van der Waals surface area contributed by atoms with Crippen LogP contribution in [0.3, 0.4) is 0 Å². The van der Waals surface area contributed by atoms with E-state index in [1.807, 2.05) is 50.2 Å². The monoisotopic (exact) mass is 411 g/mol. The van der Waals surface area contributed by atoms with E-state index in [0.717, 1.165) is 18.1 Å². The van der Waals surface area contributed by atoms with Crippen LogP contribution in [-0.2, 0) is 21.9 Å². The molecule has 3 N–H and O–H groups in total. The Hall–Kier alpha value is -2.63. The molecule has 2 rings (SSSR count). The molecule has 0 fully saturated rings. The molecule has 7 heteroatoms. The molecular formula is C20H24MnN2O4. The first kappa shape index (κ1) is 24.4. The maximum absolute atomic E-state index is 9.86. The van der Waals surface area contributed by atoms with Gasteiger partial charge in [0.2, 0.25) is 0 Å². The summed E-state index contributed by atoms with van der Waals surface area (Å²) in [6, 6.07) is 11.1. The van der Waals surface area contributed by atoms with Gasteiger partial charge in [-0.3, -0.25) is 14.8 Å². The fourth-order valence-electron chi connectivity index (χ4n) is 2.01. The Morgan fingerprint density at radius 2 is 1.22 bits per heavy atom. The first-order valence-electron chi connectivity index (χ1n) is 8.09. The normalized spacial score (nSPS) is 10.3. The van der Waals surface area contributed by atoms with Gasteiger partial charge in [0.25, 0.3) is 5.97 Å². The number of para-hydroxylation sites is 2. The van der Waals surface area contributed by atoms with Crippen molar-refractivity contribution < 1.29 is 37.2 Å². The molecule has 145 valence electrons. The number of carboxylic acid groups (broad SMARTS) is 1. The van der Waals surface area contributed by atoms with E-state index in [0.29, 0.717) is 24.2 Å². The Morgan fingerprint density at radius 1 is 0.889 bits per heavy atom. The molecule has 0 saturated carbocycles.